The van der Waals surface area contributed by atoms with Gasteiger partial charge in [-0.2, -0.15) is 0 Å². The molecule has 0 saturated heterocycles. The van der Waals surface area contributed by atoms with E-state index in [4.69, 9.17) is 5.73 Å². The summed E-state index contributed by atoms with van der Waals surface area (Å²) in [5.74, 6) is -10.9. The minimum absolute atomic E-state index is 0.0259. The minimum atomic E-state index is -2.71. The second-order valence-corrected chi connectivity index (χ2v) is 9.13. The number of carbonyl (C=O) groups is 5. The van der Waals surface area contributed by atoms with E-state index in [1.807, 2.05) is 6.92 Å². The molecule has 1 aromatic heterocycles. The molecule has 0 bridgehead atoms. The summed E-state index contributed by atoms with van der Waals surface area (Å²) in [4.78, 5) is 70.7. The number of fused-ring (bicyclic) bond motifs is 3. The lowest BCUT2D eigenvalue weighted by molar-refractivity contribution is -0.182. The average Bonchev–Trinajstić information content (AvgIpc) is 2.70. The summed E-state index contributed by atoms with van der Waals surface area (Å²) in [7, 11) is 3.10. The number of rotatable bonds is 3. The summed E-state index contributed by atoms with van der Waals surface area (Å²) in [5, 5.41) is 21.8. The van der Waals surface area contributed by atoms with Crippen molar-refractivity contribution in [2.24, 2.45) is 29.4 Å². The van der Waals surface area contributed by atoms with E-state index in [1.165, 1.54) is 11.1 Å². The Bertz CT molecular complexity index is 1070. The van der Waals surface area contributed by atoms with Crippen molar-refractivity contribution in [3.8, 4) is 5.75 Å². The Balaban J connectivity index is 1.92. The van der Waals surface area contributed by atoms with Gasteiger partial charge in [0.05, 0.1) is 23.7 Å². The first-order valence-electron chi connectivity index (χ1n) is 10.5. The molecule has 2 unspecified atom stereocenters. The number of primary amides is 1. The number of aromatic nitrogens is 1. The van der Waals surface area contributed by atoms with Crippen LogP contribution in [0.25, 0.3) is 0 Å². The number of hydrogen-bond acceptors (Lipinski definition) is 9. The Morgan fingerprint density at radius 2 is 1.88 bits per heavy atom. The second-order valence-electron chi connectivity index (χ2n) is 9.13. The van der Waals surface area contributed by atoms with Crippen molar-refractivity contribution in [1.29, 1.82) is 0 Å². The van der Waals surface area contributed by atoms with Gasteiger partial charge in [0.1, 0.15) is 5.75 Å². The molecule has 2 fully saturated rings. The van der Waals surface area contributed by atoms with Crippen LogP contribution < -0.4 is 5.73 Å². The summed E-state index contributed by atoms with van der Waals surface area (Å²) in [6.45, 7) is 1.86. The Labute approximate surface area is 183 Å². The first-order valence-corrected chi connectivity index (χ1v) is 10.5. The van der Waals surface area contributed by atoms with Crippen LogP contribution in [0.3, 0.4) is 0 Å². The lowest BCUT2D eigenvalue weighted by Crippen LogP contribution is -2.74. The summed E-state index contributed by atoms with van der Waals surface area (Å²) in [6.07, 6.45) is 3.11. The topological polar surface area (TPSA) is 168 Å². The van der Waals surface area contributed by atoms with Gasteiger partial charge in [0.25, 0.3) is 0 Å². The SMILES string of the molecule is CC[C@H]1c2cncc(O)c2C(=O)C2C(=O)[C@]3(O)C(=O)C(C(N)=O)C(=O)[C@@H](N(C)C)[C@@H]3C[C@@H]21. The summed E-state index contributed by atoms with van der Waals surface area (Å²) in [5.41, 5.74) is 3.04. The molecule has 10 nitrogen and oxygen atoms in total. The monoisotopic (exact) mass is 443 g/mol. The number of pyridine rings is 1. The highest BCUT2D eigenvalue weighted by Gasteiger charge is 2.70. The molecule has 2 saturated carbocycles. The zero-order valence-electron chi connectivity index (χ0n) is 17.9. The molecule has 3 aliphatic rings. The van der Waals surface area contributed by atoms with Crippen molar-refractivity contribution in [3.05, 3.63) is 23.5 Å². The smallest absolute Gasteiger partial charge is 0.235 e. The van der Waals surface area contributed by atoms with Crippen LogP contribution in [0.5, 0.6) is 5.75 Å². The van der Waals surface area contributed by atoms with Gasteiger partial charge < -0.3 is 15.9 Å². The molecule has 0 spiro atoms. The van der Waals surface area contributed by atoms with Crippen LogP contribution in [-0.2, 0) is 19.2 Å². The number of amides is 1. The van der Waals surface area contributed by atoms with E-state index in [2.05, 4.69) is 4.98 Å². The number of hydrogen-bond donors (Lipinski definition) is 3. The predicted molar refractivity (Wildman–Crippen MR) is 108 cm³/mol. The zero-order chi connectivity index (χ0) is 23.7. The van der Waals surface area contributed by atoms with Gasteiger partial charge in [0.15, 0.2) is 34.7 Å². The minimum Gasteiger partial charge on any atom is -0.506 e. The molecule has 7 atom stereocenters. The second kappa shape index (κ2) is 7.28. The number of nitrogens with two attached hydrogens (primary N) is 1. The first kappa shape index (κ1) is 22.2. The molecule has 32 heavy (non-hydrogen) atoms. The van der Waals surface area contributed by atoms with Crippen molar-refractivity contribution in [3.63, 3.8) is 0 Å². The van der Waals surface area contributed by atoms with Gasteiger partial charge >= 0.3 is 0 Å². The number of aromatic hydroxyl groups is 1. The van der Waals surface area contributed by atoms with E-state index in [-0.39, 0.29) is 23.7 Å². The number of carbonyl (C=O) groups excluding carboxylic acids is 5. The van der Waals surface area contributed by atoms with Crippen molar-refractivity contribution in [2.75, 3.05) is 14.1 Å². The van der Waals surface area contributed by atoms with Crippen LogP contribution in [-0.4, -0.2) is 74.9 Å². The molecule has 10 heteroatoms. The number of nitrogens with zero attached hydrogens (tertiary/aromatic N) is 2. The molecule has 1 heterocycles. The Kier molecular flexibility index (Phi) is 5.05. The fourth-order valence-corrected chi connectivity index (χ4v) is 6.11. The highest BCUT2D eigenvalue weighted by Crippen LogP contribution is 2.54. The molecule has 0 aliphatic heterocycles. The van der Waals surface area contributed by atoms with Gasteiger partial charge in [0, 0.05) is 12.1 Å². The van der Waals surface area contributed by atoms with Crippen LogP contribution in [0.2, 0.25) is 0 Å². The van der Waals surface area contributed by atoms with E-state index in [1.54, 1.807) is 14.1 Å². The maximum absolute atomic E-state index is 13.7. The van der Waals surface area contributed by atoms with Gasteiger partial charge in [-0.15, -0.1) is 0 Å². The third-order valence-electron chi connectivity index (χ3n) is 7.43. The van der Waals surface area contributed by atoms with Crippen LogP contribution >= 0.6 is 0 Å². The van der Waals surface area contributed by atoms with E-state index in [0.29, 0.717) is 12.0 Å². The van der Waals surface area contributed by atoms with E-state index >= 15 is 0 Å². The molecule has 170 valence electrons. The Hall–Kier alpha value is -2.98. The molecular formula is C22H25N3O7. The highest BCUT2D eigenvalue weighted by atomic mass is 16.3. The quantitative estimate of drug-likeness (QED) is 0.507. The number of likely N-dealkylation sites (N-methyl/N-ethyl adjacent to an activating group) is 1. The van der Waals surface area contributed by atoms with Gasteiger partial charge in [0.2, 0.25) is 5.91 Å². The van der Waals surface area contributed by atoms with Crippen molar-refractivity contribution in [2.45, 2.75) is 37.3 Å². The molecule has 1 amide bonds. The summed E-state index contributed by atoms with van der Waals surface area (Å²) in [6, 6.07) is -1.11. The van der Waals surface area contributed by atoms with E-state index in [9.17, 15) is 34.2 Å². The normalized spacial score (nSPS) is 36.5. The molecular weight excluding hydrogens is 418 g/mol. The maximum Gasteiger partial charge on any atom is 0.235 e. The van der Waals surface area contributed by atoms with Gasteiger partial charge in [-0.3, -0.25) is 33.9 Å². The molecule has 0 aromatic carbocycles. The van der Waals surface area contributed by atoms with Gasteiger partial charge in [-0.1, -0.05) is 6.92 Å². The average molecular weight is 443 g/mol. The first-order chi connectivity index (χ1) is 15.0. The van der Waals surface area contributed by atoms with Gasteiger partial charge in [-0.05, 0) is 44.3 Å². The maximum atomic E-state index is 13.7. The van der Waals surface area contributed by atoms with E-state index < -0.39 is 64.4 Å². The van der Waals surface area contributed by atoms with Crippen LogP contribution in [0.4, 0.5) is 0 Å². The fourth-order valence-electron chi connectivity index (χ4n) is 6.11. The molecule has 4 N–H and O–H groups in total. The largest absolute Gasteiger partial charge is 0.506 e. The zero-order valence-corrected chi connectivity index (χ0v) is 17.9. The lowest BCUT2D eigenvalue weighted by Gasteiger charge is -2.54. The summed E-state index contributed by atoms with van der Waals surface area (Å²) < 4.78 is 0. The third-order valence-corrected chi connectivity index (χ3v) is 7.43. The number of ketones is 4. The van der Waals surface area contributed by atoms with Crippen LogP contribution in [0.1, 0.15) is 41.6 Å². The Morgan fingerprint density at radius 3 is 2.44 bits per heavy atom. The van der Waals surface area contributed by atoms with Crippen LogP contribution in [0, 0.1) is 23.7 Å². The number of Topliss-reactive ketones (excluding diaryl/α,β-unsaturated/α-hetero) is 4. The third kappa shape index (κ3) is 2.65. The number of aliphatic hydroxyl groups is 1. The highest BCUT2D eigenvalue weighted by molar-refractivity contribution is 6.32. The molecule has 3 aliphatic carbocycles. The lowest BCUT2D eigenvalue weighted by atomic mass is 9.50. The van der Waals surface area contributed by atoms with Crippen molar-refractivity contribution < 1.29 is 34.2 Å². The Morgan fingerprint density at radius 1 is 1.22 bits per heavy atom. The van der Waals surface area contributed by atoms with Gasteiger partial charge in [-0.25, -0.2) is 0 Å². The standard InChI is InChI=1S/C22H25N3O7/c1-4-8-9-5-11-16(25(2)3)18(28)15(21(23)31)20(30)22(11,32)19(29)14(9)17(27)13-10(8)6-24-7-12(13)26/h6-9,11,14-16,26,32H,4-5H2,1-3H3,(H2,23,31)/t8-,9-,11+,14?,15?,16+,22+/m1/s1. The molecule has 4 rings (SSSR count). The van der Waals surface area contributed by atoms with Crippen molar-refractivity contribution >= 4 is 29.0 Å². The summed E-state index contributed by atoms with van der Waals surface area (Å²) >= 11 is 0. The van der Waals surface area contributed by atoms with E-state index in [0.717, 1.165) is 6.20 Å². The molecule has 0 radical (unpaired) electrons. The van der Waals surface area contributed by atoms with Crippen LogP contribution in [0.15, 0.2) is 12.4 Å². The van der Waals surface area contributed by atoms with Crippen molar-refractivity contribution in [1.82, 2.24) is 9.88 Å². The molecule has 1 aromatic rings. The fraction of sp³-hybridized carbons (Fsp3) is 0.545. The predicted octanol–water partition coefficient (Wildman–Crippen LogP) is -0.787.